The predicted octanol–water partition coefficient (Wildman–Crippen LogP) is 4.26. The van der Waals surface area contributed by atoms with E-state index in [4.69, 9.17) is 10.1 Å². The maximum Gasteiger partial charge on any atom is 0.224 e. The highest BCUT2D eigenvalue weighted by atomic mass is 79.9. The number of carbonyl (C=O) groups is 3. The number of amidine groups is 1. The van der Waals surface area contributed by atoms with Crippen molar-refractivity contribution in [3.8, 4) is 5.75 Å². The summed E-state index contributed by atoms with van der Waals surface area (Å²) in [5.41, 5.74) is 4.21. The molecule has 8 nitrogen and oxygen atoms in total. The van der Waals surface area contributed by atoms with Crippen molar-refractivity contribution in [1.29, 1.82) is 5.41 Å². The zero-order valence-electron chi connectivity index (χ0n) is 22.7. The first-order valence-corrected chi connectivity index (χ1v) is 12.1. The van der Waals surface area contributed by atoms with Gasteiger partial charge in [-0.1, -0.05) is 20.8 Å². The number of likely N-dealkylation sites (N-methyl/N-ethyl adjacent to an activating group) is 1. The number of benzene rings is 2. The summed E-state index contributed by atoms with van der Waals surface area (Å²) in [6.45, 7) is 10.4. The Morgan fingerprint density at radius 2 is 1.81 bits per heavy atom. The van der Waals surface area contributed by atoms with Crippen LogP contribution >= 0.6 is 17.0 Å². The molecule has 0 fully saturated rings. The molecule has 1 aliphatic rings. The molecule has 2 amide bonds. The van der Waals surface area contributed by atoms with Gasteiger partial charge in [0, 0.05) is 49.9 Å². The van der Waals surface area contributed by atoms with Gasteiger partial charge in [-0.2, -0.15) is 0 Å². The molecule has 0 saturated heterocycles. The normalized spacial score (nSPS) is 12.5. The van der Waals surface area contributed by atoms with Crippen LogP contribution in [0, 0.1) is 5.41 Å². The summed E-state index contributed by atoms with van der Waals surface area (Å²) >= 11 is 0. The average Bonchev–Trinajstić information content (AvgIpc) is 3.11. The van der Waals surface area contributed by atoms with Gasteiger partial charge in [0.25, 0.3) is 0 Å². The lowest BCUT2D eigenvalue weighted by Crippen LogP contribution is -2.31. The number of hydrogen-bond donors (Lipinski definition) is 2. The van der Waals surface area contributed by atoms with Crippen LogP contribution in [0.15, 0.2) is 30.3 Å². The van der Waals surface area contributed by atoms with Crippen molar-refractivity contribution in [2.24, 2.45) is 0 Å². The molecular weight excluding hydrogens is 536 g/mol. The molecule has 200 valence electrons. The zero-order chi connectivity index (χ0) is 26.8. The minimum Gasteiger partial charge on any atom is -0.494 e. The largest absolute Gasteiger partial charge is 0.494 e. The molecular formula is C28H37BrN4O4. The molecule has 37 heavy (non-hydrogen) atoms. The lowest BCUT2D eigenvalue weighted by Gasteiger charge is -2.24. The number of nitrogens with zero attached hydrogens (tertiary/aromatic N) is 2. The van der Waals surface area contributed by atoms with E-state index in [1.807, 2.05) is 31.2 Å². The topological polar surface area (TPSA) is 103 Å². The number of halogens is 1. The van der Waals surface area contributed by atoms with E-state index in [1.54, 1.807) is 25.1 Å². The van der Waals surface area contributed by atoms with Gasteiger partial charge < -0.3 is 19.9 Å². The van der Waals surface area contributed by atoms with E-state index in [0.29, 0.717) is 41.3 Å². The molecule has 0 aliphatic carbocycles. The second-order valence-corrected chi connectivity index (χ2v) is 10.1. The molecule has 0 atom stereocenters. The van der Waals surface area contributed by atoms with E-state index in [1.165, 1.54) is 11.8 Å². The van der Waals surface area contributed by atoms with Crippen molar-refractivity contribution < 1.29 is 19.1 Å². The first-order valence-electron chi connectivity index (χ1n) is 12.1. The molecule has 1 aliphatic heterocycles. The Balaban J connectivity index is 0.00000481. The minimum atomic E-state index is -0.212. The summed E-state index contributed by atoms with van der Waals surface area (Å²) in [6.07, 6.45) is 0.150. The number of fused-ring (bicyclic) bond motifs is 1. The zero-order valence-corrected chi connectivity index (χ0v) is 24.4. The predicted molar refractivity (Wildman–Crippen MR) is 151 cm³/mol. The molecule has 0 saturated carbocycles. The summed E-state index contributed by atoms with van der Waals surface area (Å²) in [4.78, 5) is 40.7. The molecule has 3 rings (SSSR count). The molecule has 0 spiro atoms. The van der Waals surface area contributed by atoms with Crippen LogP contribution in [0.5, 0.6) is 5.75 Å². The van der Waals surface area contributed by atoms with Gasteiger partial charge in [-0.15, -0.1) is 17.0 Å². The Kier molecular flexibility index (Phi) is 9.66. The van der Waals surface area contributed by atoms with Crippen molar-refractivity contribution in [3.63, 3.8) is 0 Å². The Bertz CT molecular complexity index is 1220. The Morgan fingerprint density at radius 3 is 2.38 bits per heavy atom. The first-order chi connectivity index (χ1) is 16.8. The van der Waals surface area contributed by atoms with E-state index in [9.17, 15) is 14.4 Å². The van der Waals surface area contributed by atoms with Crippen molar-refractivity contribution in [2.75, 3.05) is 32.1 Å². The number of nitrogens with one attached hydrogen (secondary N) is 2. The van der Waals surface area contributed by atoms with E-state index >= 15 is 0 Å². The number of ether oxygens (including phenoxy) is 1. The molecule has 2 aromatic rings. The highest BCUT2D eigenvalue weighted by Gasteiger charge is 2.29. The summed E-state index contributed by atoms with van der Waals surface area (Å²) in [5.74, 6) is 0.474. The number of rotatable bonds is 8. The molecule has 0 bridgehead atoms. The molecule has 0 radical (unpaired) electrons. The van der Waals surface area contributed by atoms with Crippen LogP contribution in [-0.4, -0.2) is 55.6 Å². The van der Waals surface area contributed by atoms with Crippen LogP contribution in [0.1, 0.15) is 67.2 Å². The third-order valence-corrected chi connectivity index (χ3v) is 6.45. The quantitative estimate of drug-likeness (QED) is 0.460. The number of ketones is 1. The van der Waals surface area contributed by atoms with Crippen LogP contribution in [0.25, 0.3) is 0 Å². The Morgan fingerprint density at radius 1 is 1.14 bits per heavy atom. The molecule has 0 aromatic heterocycles. The van der Waals surface area contributed by atoms with Crippen LogP contribution in [0.3, 0.4) is 0 Å². The summed E-state index contributed by atoms with van der Waals surface area (Å²) < 4.78 is 5.76. The van der Waals surface area contributed by atoms with Gasteiger partial charge in [0.1, 0.15) is 11.6 Å². The lowest BCUT2D eigenvalue weighted by atomic mass is 9.85. The SMILES string of the molecule is Br.CCOc1cc2c(cc1CC(=O)NC)C(=N)N(CC(=O)c1cc(N(C)C(C)=O)cc(C(C)(C)C)c1)C2. The van der Waals surface area contributed by atoms with Gasteiger partial charge in [0.15, 0.2) is 5.78 Å². The fourth-order valence-electron chi connectivity index (χ4n) is 4.14. The average molecular weight is 574 g/mol. The standard InChI is InChI=1S/C28H36N4O4.BrH/c1-8-36-25-12-20-15-32(27(29)23(20)11-19(25)13-26(35)30-6)16-24(34)18-9-21(28(3,4)5)14-22(10-18)31(7)17(2)33;/h9-12,14,29H,8,13,15-16H2,1-7H3,(H,30,35);1H. The second-order valence-electron chi connectivity index (χ2n) is 10.1. The number of hydrogen-bond acceptors (Lipinski definition) is 5. The third kappa shape index (κ3) is 6.77. The van der Waals surface area contributed by atoms with Gasteiger partial charge in [0.2, 0.25) is 11.8 Å². The number of carbonyl (C=O) groups excluding carboxylic acids is 3. The van der Waals surface area contributed by atoms with E-state index in [2.05, 4.69) is 26.1 Å². The molecule has 1 heterocycles. The monoisotopic (exact) mass is 572 g/mol. The second kappa shape index (κ2) is 11.9. The van der Waals surface area contributed by atoms with Gasteiger partial charge >= 0.3 is 0 Å². The van der Waals surface area contributed by atoms with Crippen molar-refractivity contribution in [3.05, 3.63) is 58.1 Å². The summed E-state index contributed by atoms with van der Waals surface area (Å²) in [7, 11) is 3.27. The smallest absolute Gasteiger partial charge is 0.224 e. The van der Waals surface area contributed by atoms with E-state index < -0.39 is 0 Å². The van der Waals surface area contributed by atoms with Crippen molar-refractivity contribution in [2.45, 2.75) is 53.0 Å². The lowest BCUT2D eigenvalue weighted by molar-refractivity contribution is -0.120. The maximum absolute atomic E-state index is 13.4. The summed E-state index contributed by atoms with van der Waals surface area (Å²) in [6, 6.07) is 9.25. The molecule has 2 aromatic carbocycles. The molecule has 9 heteroatoms. The van der Waals surface area contributed by atoms with Crippen LogP contribution in [-0.2, 0) is 28.0 Å². The number of Topliss-reactive ketones (excluding diaryl/α,β-unsaturated/α-hetero) is 1. The van der Waals surface area contributed by atoms with Gasteiger partial charge in [-0.05, 0) is 53.8 Å². The molecule has 2 N–H and O–H groups in total. The van der Waals surface area contributed by atoms with Crippen LogP contribution in [0.4, 0.5) is 5.69 Å². The van der Waals surface area contributed by atoms with E-state index in [0.717, 1.165) is 11.1 Å². The Labute approximate surface area is 229 Å². The fourth-order valence-corrected chi connectivity index (χ4v) is 4.14. The Hall–Kier alpha value is -3.20. The third-order valence-electron chi connectivity index (χ3n) is 6.45. The number of anilines is 1. The number of amides is 2. The highest BCUT2D eigenvalue weighted by molar-refractivity contribution is 8.93. The molecule has 0 unspecified atom stereocenters. The van der Waals surface area contributed by atoms with Crippen molar-refractivity contribution >= 4 is 46.1 Å². The highest BCUT2D eigenvalue weighted by Crippen LogP contribution is 2.32. The van der Waals surface area contributed by atoms with Crippen molar-refractivity contribution in [1.82, 2.24) is 10.2 Å². The van der Waals surface area contributed by atoms with Gasteiger partial charge in [-0.3, -0.25) is 19.8 Å². The maximum atomic E-state index is 13.4. The first kappa shape index (κ1) is 30.0. The van der Waals surface area contributed by atoms with Gasteiger partial charge in [-0.25, -0.2) is 0 Å². The minimum absolute atomic E-state index is 0. The van der Waals surface area contributed by atoms with E-state index in [-0.39, 0.29) is 58.8 Å². The van der Waals surface area contributed by atoms with Crippen LogP contribution in [0.2, 0.25) is 0 Å². The summed E-state index contributed by atoms with van der Waals surface area (Å²) in [5, 5.41) is 11.3. The van der Waals surface area contributed by atoms with Gasteiger partial charge in [0.05, 0.1) is 19.6 Å². The van der Waals surface area contributed by atoms with Crippen LogP contribution < -0.4 is 15.0 Å². The fraction of sp³-hybridized carbons (Fsp3) is 0.429.